The van der Waals surface area contributed by atoms with Crippen LogP contribution in [0.15, 0.2) is 88.2 Å². The molecule has 0 spiro atoms. The molecular formula is C30H36BrN3O5S. The summed E-state index contributed by atoms with van der Waals surface area (Å²) in [5.74, 6) is -0.550. The topological polar surface area (TPSA) is 96.0 Å². The Labute approximate surface area is 245 Å². The van der Waals surface area contributed by atoms with E-state index in [9.17, 15) is 18.0 Å². The average molecular weight is 631 g/mol. The molecule has 0 unspecified atom stereocenters. The van der Waals surface area contributed by atoms with E-state index in [0.29, 0.717) is 12.4 Å². The van der Waals surface area contributed by atoms with Crippen LogP contribution in [0, 0.1) is 0 Å². The van der Waals surface area contributed by atoms with Gasteiger partial charge in [-0.15, -0.1) is 0 Å². The molecule has 0 aromatic heterocycles. The number of anilines is 1. The molecule has 0 bridgehead atoms. The van der Waals surface area contributed by atoms with Crippen molar-refractivity contribution in [3.63, 3.8) is 0 Å². The number of nitrogens with zero attached hydrogens (tertiary/aromatic N) is 2. The van der Waals surface area contributed by atoms with Crippen LogP contribution < -0.4 is 14.4 Å². The van der Waals surface area contributed by atoms with Crippen LogP contribution in [0.3, 0.4) is 0 Å². The Balaban J connectivity index is 2.07. The highest BCUT2D eigenvalue weighted by Crippen LogP contribution is 2.33. The lowest BCUT2D eigenvalue weighted by Crippen LogP contribution is -2.54. The molecule has 214 valence electrons. The van der Waals surface area contributed by atoms with Gasteiger partial charge in [-0.25, -0.2) is 8.42 Å². The molecule has 10 heteroatoms. The highest BCUT2D eigenvalue weighted by Gasteiger charge is 2.34. The number of para-hydroxylation sites is 2. The average Bonchev–Trinajstić information content (AvgIpc) is 2.91. The van der Waals surface area contributed by atoms with Gasteiger partial charge in [0.05, 0.1) is 17.2 Å². The van der Waals surface area contributed by atoms with Crippen LogP contribution >= 0.6 is 15.9 Å². The Morgan fingerprint density at radius 1 is 0.950 bits per heavy atom. The smallest absolute Gasteiger partial charge is 0.264 e. The number of carbonyl (C=O) groups excluding carboxylic acids is 2. The molecule has 40 heavy (non-hydrogen) atoms. The summed E-state index contributed by atoms with van der Waals surface area (Å²) in [6.07, 6.45) is 0. The molecule has 1 atom stereocenters. The van der Waals surface area contributed by atoms with Gasteiger partial charge in [-0.05, 0) is 76.6 Å². The first-order chi connectivity index (χ1) is 18.8. The molecule has 8 nitrogen and oxygen atoms in total. The molecule has 1 N–H and O–H groups in total. The van der Waals surface area contributed by atoms with Crippen molar-refractivity contribution in [1.29, 1.82) is 0 Å². The molecule has 3 rings (SSSR count). The Morgan fingerprint density at radius 2 is 1.55 bits per heavy atom. The first-order valence-electron chi connectivity index (χ1n) is 13.0. The summed E-state index contributed by atoms with van der Waals surface area (Å²) in [6.45, 7) is 8.90. The van der Waals surface area contributed by atoms with Crippen molar-refractivity contribution < 1.29 is 22.7 Å². The molecule has 0 radical (unpaired) electrons. The molecule has 3 aromatic carbocycles. The summed E-state index contributed by atoms with van der Waals surface area (Å²) in [5, 5.41) is 2.92. The Kier molecular flexibility index (Phi) is 10.4. The fourth-order valence-corrected chi connectivity index (χ4v) is 5.73. The first kappa shape index (κ1) is 31.2. The SMILES string of the molecule is CCOc1ccccc1N(CC(=O)N(Cc1ccc(Br)cc1)[C@H](C)C(=O)NC(C)(C)C)S(=O)(=O)c1ccccc1. The van der Waals surface area contributed by atoms with Gasteiger partial charge in [0.15, 0.2) is 0 Å². The van der Waals surface area contributed by atoms with Crippen molar-refractivity contribution in [3.8, 4) is 5.75 Å². The van der Waals surface area contributed by atoms with E-state index in [1.54, 1.807) is 56.3 Å². The van der Waals surface area contributed by atoms with Gasteiger partial charge in [-0.3, -0.25) is 13.9 Å². The molecule has 0 heterocycles. The second-order valence-corrected chi connectivity index (χ2v) is 13.1. The standard InChI is InChI=1S/C30H36BrN3O5S/c1-6-39-27-15-11-10-14-26(27)34(40(37,38)25-12-8-7-9-13-25)21-28(35)33(20-23-16-18-24(31)19-17-23)22(2)29(36)32-30(3,4)5/h7-19,22H,6,20-21H2,1-5H3,(H,32,36)/t22-/m1/s1. The third-order valence-electron chi connectivity index (χ3n) is 5.98. The van der Waals surface area contributed by atoms with E-state index in [2.05, 4.69) is 21.2 Å². The quantitative estimate of drug-likeness (QED) is 0.307. The normalized spacial score (nSPS) is 12.3. The lowest BCUT2D eigenvalue weighted by molar-refractivity contribution is -0.140. The predicted molar refractivity (Wildman–Crippen MR) is 161 cm³/mol. The van der Waals surface area contributed by atoms with Crippen molar-refractivity contribution >= 4 is 43.5 Å². The number of benzene rings is 3. The third kappa shape index (κ3) is 8.08. The zero-order valence-corrected chi connectivity index (χ0v) is 25.8. The molecular weight excluding hydrogens is 594 g/mol. The summed E-state index contributed by atoms with van der Waals surface area (Å²) in [6, 6.07) is 21.1. The number of hydrogen-bond acceptors (Lipinski definition) is 5. The van der Waals surface area contributed by atoms with E-state index in [1.165, 1.54) is 17.0 Å². The number of hydrogen-bond donors (Lipinski definition) is 1. The van der Waals surface area contributed by atoms with Gasteiger partial charge in [0.1, 0.15) is 18.3 Å². The van der Waals surface area contributed by atoms with Gasteiger partial charge >= 0.3 is 0 Å². The number of nitrogens with one attached hydrogen (secondary N) is 1. The van der Waals surface area contributed by atoms with Crippen molar-refractivity contribution in [2.45, 2.75) is 57.6 Å². The zero-order chi connectivity index (χ0) is 29.5. The number of amides is 2. The predicted octanol–water partition coefficient (Wildman–Crippen LogP) is 5.38. The highest BCUT2D eigenvalue weighted by molar-refractivity contribution is 9.10. The van der Waals surface area contributed by atoms with E-state index >= 15 is 0 Å². The summed E-state index contributed by atoms with van der Waals surface area (Å²) >= 11 is 3.42. The third-order valence-corrected chi connectivity index (χ3v) is 8.28. The van der Waals surface area contributed by atoms with Gasteiger partial charge in [0, 0.05) is 16.6 Å². The van der Waals surface area contributed by atoms with Crippen LogP contribution in [0.1, 0.15) is 40.2 Å². The number of sulfonamides is 1. The zero-order valence-electron chi connectivity index (χ0n) is 23.4. The molecule has 0 aliphatic carbocycles. The van der Waals surface area contributed by atoms with E-state index in [0.717, 1.165) is 14.3 Å². The first-order valence-corrected chi connectivity index (χ1v) is 15.2. The minimum atomic E-state index is -4.18. The minimum absolute atomic E-state index is 0.0343. The highest BCUT2D eigenvalue weighted by atomic mass is 79.9. The molecule has 3 aromatic rings. The van der Waals surface area contributed by atoms with Gasteiger partial charge in [-0.1, -0.05) is 58.4 Å². The maximum absolute atomic E-state index is 14.0. The Hall–Kier alpha value is -3.37. The summed E-state index contributed by atoms with van der Waals surface area (Å²) in [7, 11) is -4.18. The van der Waals surface area contributed by atoms with E-state index in [4.69, 9.17) is 4.74 Å². The molecule has 0 saturated carbocycles. The molecule has 0 aliphatic rings. The molecule has 0 aliphatic heterocycles. The number of carbonyl (C=O) groups is 2. The van der Waals surface area contributed by atoms with Crippen LogP contribution in [0.2, 0.25) is 0 Å². The number of halogens is 1. The monoisotopic (exact) mass is 629 g/mol. The van der Waals surface area contributed by atoms with Gasteiger partial charge < -0.3 is 15.0 Å². The largest absolute Gasteiger partial charge is 0.492 e. The van der Waals surface area contributed by atoms with Gasteiger partial charge in [0.2, 0.25) is 11.8 Å². The van der Waals surface area contributed by atoms with E-state index < -0.39 is 34.1 Å². The van der Waals surface area contributed by atoms with Crippen molar-refractivity contribution in [1.82, 2.24) is 10.2 Å². The second kappa shape index (κ2) is 13.3. The van der Waals surface area contributed by atoms with Crippen molar-refractivity contribution in [3.05, 3.63) is 88.9 Å². The van der Waals surface area contributed by atoms with E-state index in [1.807, 2.05) is 45.0 Å². The van der Waals surface area contributed by atoms with Crippen LogP contribution in [-0.2, 0) is 26.2 Å². The van der Waals surface area contributed by atoms with Gasteiger partial charge in [-0.2, -0.15) is 0 Å². The van der Waals surface area contributed by atoms with Crippen molar-refractivity contribution in [2.24, 2.45) is 0 Å². The fourth-order valence-electron chi connectivity index (χ4n) is 4.02. The lowest BCUT2D eigenvalue weighted by Gasteiger charge is -2.33. The maximum Gasteiger partial charge on any atom is 0.264 e. The fraction of sp³-hybridized carbons (Fsp3) is 0.333. The van der Waals surface area contributed by atoms with Gasteiger partial charge in [0.25, 0.3) is 10.0 Å². The number of ether oxygens (including phenoxy) is 1. The van der Waals surface area contributed by atoms with Crippen LogP contribution in [0.5, 0.6) is 5.75 Å². The van der Waals surface area contributed by atoms with Crippen LogP contribution in [0.25, 0.3) is 0 Å². The number of rotatable bonds is 11. The molecule has 0 saturated heterocycles. The molecule has 2 amide bonds. The summed E-state index contributed by atoms with van der Waals surface area (Å²) < 4.78 is 35.6. The van der Waals surface area contributed by atoms with Crippen LogP contribution in [-0.4, -0.2) is 49.9 Å². The van der Waals surface area contributed by atoms with Crippen LogP contribution in [0.4, 0.5) is 5.69 Å². The van der Waals surface area contributed by atoms with E-state index in [-0.39, 0.29) is 23.0 Å². The summed E-state index contributed by atoms with van der Waals surface area (Å²) in [5.41, 5.74) is 0.507. The Bertz CT molecular complexity index is 1410. The second-order valence-electron chi connectivity index (χ2n) is 10.3. The lowest BCUT2D eigenvalue weighted by atomic mass is 10.1. The Morgan fingerprint density at radius 3 is 2.15 bits per heavy atom. The van der Waals surface area contributed by atoms with Crippen molar-refractivity contribution in [2.75, 3.05) is 17.5 Å². The maximum atomic E-state index is 14.0. The summed E-state index contributed by atoms with van der Waals surface area (Å²) in [4.78, 5) is 28.7. The minimum Gasteiger partial charge on any atom is -0.492 e. The molecule has 0 fully saturated rings.